The van der Waals surface area contributed by atoms with Crippen molar-refractivity contribution in [3.63, 3.8) is 0 Å². The number of hydrogen-bond donors (Lipinski definition) is 1. The first-order chi connectivity index (χ1) is 19.8. The fourth-order valence-corrected chi connectivity index (χ4v) is 5.73. The summed E-state index contributed by atoms with van der Waals surface area (Å²) in [6.07, 6.45) is -4.17. The van der Waals surface area contributed by atoms with E-state index in [0.717, 1.165) is 12.1 Å². The lowest BCUT2D eigenvalue weighted by molar-refractivity contribution is -0.139. The molecule has 3 aromatic carbocycles. The molecular formula is C29H31ClF3N3O5S. The maximum Gasteiger partial charge on any atom is 0.416 e. The molecule has 0 heterocycles. The minimum atomic E-state index is -4.81. The van der Waals surface area contributed by atoms with Gasteiger partial charge in [0.15, 0.2) is 0 Å². The van der Waals surface area contributed by atoms with Crippen LogP contribution in [-0.2, 0) is 32.3 Å². The lowest BCUT2D eigenvalue weighted by Gasteiger charge is -2.32. The summed E-state index contributed by atoms with van der Waals surface area (Å²) in [5.74, 6) is -0.754. The van der Waals surface area contributed by atoms with Gasteiger partial charge in [-0.1, -0.05) is 48.9 Å². The van der Waals surface area contributed by atoms with E-state index in [4.69, 9.17) is 16.3 Å². The first-order valence-electron chi connectivity index (χ1n) is 12.9. The van der Waals surface area contributed by atoms with Crippen molar-refractivity contribution >= 4 is 39.1 Å². The van der Waals surface area contributed by atoms with E-state index in [0.29, 0.717) is 34.7 Å². The maximum atomic E-state index is 13.9. The van der Waals surface area contributed by atoms with Gasteiger partial charge in [0.1, 0.15) is 18.3 Å². The predicted molar refractivity (Wildman–Crippen MR) is 154 cm³/mol. The molecule has 0 unspecified atom stereocenters. The lowest BCUT2D eigenvalue weighted by Crippen LogP contribution is -2.51. The van der Waals surface area contributed by atoms with Crippen LogP contribution in [0.3, 0.4) is 0 Å². The third kappa shape index (κ3) is 7.95. The molecule has 0 aliphatic carbocycles. The lowest BCUT2D eigenvalue weighted by atomic mass is 10.1. The van der Waals surface area contributed by atoms with Gasteiger partial charge in [-0.2, -0.15) is 13.2 Å². The third-order valence-corrected chi connectivity index (χ3v) is 8.47. The van der Waals surface area contributed by atoms with Crippen molar-refractivity contribution in [2.45, 2.75) is 43.9 Å². The summed E-state index contributed by atoms with van der Waals surface area (Å²) in [5, 5.41) is 2.40. The highest BCUT2D eigenvalue weighted by molar-refractivity contribution is 7.92. The van der Waals surface area contributed by atoms with Gasteiger partial charge in [0, 0.05) is 13.1 Å². The summed E-state index contributed by atoms with van der Waals surface area (Å²) >= 11 is 6.25. The maximum absolute atomic E-state index is 13.9. The quantitative estimate of drug-likeness (QED) is 0.287. The molecule has 0 saturated carbocycles. The number of ether oxygens (including phenoxy) is 1. The Kier molecular flexibility index (Phi) is 10.9. The standard InChI is InChI=1S/C29H31ClF3N3O5S/c1-4-16-34-28(38)20(2)35(18-21-10-13-23(41-3)14-11-21)27(37)19-36(42(39,40)24-8-6-5-7-9-24)26-17-22(29(31,32)33)12-15-25(26)30/h5-15,17,20H,4,16,18-19H2,1-3H3,(H,34,38)/t20-/m1/s1. The number of benzene rings is 3. The van der Waals surface area contributed by atoms with Gasteiger partial charge in [-0.05, 0) is 61.4 Å². The van der Waals surface area contributed by atoms with Gasteiger partial charge in [-0.3, -0.25) is 13.9 Å². The monoisotopic (exact) mass is 625 g/mol. The van der Waals surface area contributed by atoms with Gasteiger partial charge in [0.05, 0.1) is 28.3 Å². The number of sulfonamides is 1. The third-order valence-electron chi connectivity index (χ3n) is 6.38. The van der Waals surface area contributed by atoms with Crippen molar-refractivity contribution in [2.75, 3.05) is 24.5 Å². The van der Waals surface area contributed by atoms with Crippen LogP contribution in [0.4, 0.5) is 18.9 Å². The van der Waals surface area contributed by atoms with Crippen LogP contribution < -0.4 is 14.4 Å². The smallest absolute Gasteiger partial charge is 0.416 e. The van der Waals surface area contributed by atoms with Gasteiger partial charge < -0.3 is 15.0 Å². The molecule has 42 heavy (non-hydrogen) atoms. The summed E-state index contributed by atoms with van der Waals surface area (Å²) in [5.41, 5.74) is -1.07. The second-order valence-electron chi connectivity index (χ2n) is 9.33. The average Bonchev–Trinajstić information content (AvgIpc) is 2.97. The summed E-state index contributed by atoms with van der Waals surface area (Å²) in [6.45, 7) is 2.66. The van der Waals surface area contributed by atoms with Crippen LogP contribution in [0.25, 0.3) is 0 Å². The molecule has 0 spiro atoms. The van der Waals surface area contributed by atoms with Gasteiger partial charge >= 0.3 is 6.18 Å². The highest BCUT2D eigenvalue weighted by atomic mass is 35.5. The number of amides is 2. The van der Waals surface area contributed by atoms with Gasteiger partial charge in [-0.25, -0.2) is 8.42 Å². The highest BCUT2D eigenvalue weighted by Crippen LogP contribution is 2.37. The molecule has 0 aliphatic rings. The van der Waals surface area contributed by atoms with Crippen molar-refractivity contribution in [3.8, 4) is 5.75 Å². The largest absolute Gasteiger partial charge is 0.497 e. The van der Waals surface area contributed by atoms with Crippen LogP contribution in [-0.4, -0.2) is 51.4 Å². The molecule has 226 valence electrons. The minimum Gasteiger partial charge on any atom is -0.497 e. The molecule has 3 aromatic rings. The van der Waals surface area contributed by atoms with Gasteiger partial charge in [-0.15, -0.1) is 0 Å². The Bertz CT molecular complexity index is 1490. The van der Waals surface area contributed by atoms with E-state index in [1.165, 1.54) is 43.2 Å². The Morgan fingerprint density at radius 2 is 1.67 bits per heavy atom. The Morgan fingerprint density at radius 3 is 2.24 bits per heavy atom. The Hall–Kier alpha value is -3.77. The minimum absolute atomic E-state index is 0.0981. The number of rotatable bonds is 12. The Labute approximate surface area is 248 Å². The fourth-order valence-electron chi connectivity index (χ4n) is 4.02. The normalized spacial score (nSPS) is 12.4. The molecule has 0 bridgehead atoms. The molecule has 0 aromatic heterocycles. The van der Waals surface area contributed by atoms with Crippen molar-refractivity contribution in [3.05, 3.63) is 88.9 Å². The number of halogens is 4. The zero-order valence-corrected chi connectivity index (χ0v) is 24.8. The van der Waals surface area contributed by atoms with E-state index < -0.39 is 51.9 Å². The number of carbonyl (C=O) groups excluding carboxylic acids is 2. The van der Waals surface area contributed by atoms with E-state index in [-0.39, 0.29) is 16.5 Å². The van der Waals surface area contributed by atoms with Crippen molar-refractivity contribution in [1.29, 1.82) is 0 Å². The van der Waals surface area contributed by atoms with E-state index in [1.807, 2.05) is 6.92 Å². The highest BCUT2D eigenvalue weighted by Gasteiger charge is 2.36. The van der Waals surface area contributed by atoms with E-state index in [2.05, 4.69) is 5.32 Å². The van der Waals surface area contributed by atoms with Crippen molar-refractivity contribution in [1.82, 2.24) is 10.2 Å². The Balaban J connectivity index is 2.10. The van der Waals surface area contributed by atoms with Crippen LogP contribution >= 0.6 is 11.6 Å². The number of hydrogen-bond acceptors (Lipinski definition) is 5. The van der Waals surface area contributed by atoms with Gasteiger partial charge in [0.2, 0.25) is 11.8 Å². The molecule has 0 radical (unpaired) electrons. The van der Waals surface area contributed by atoms with Crippen molar-refractivity contribution < 1.29 is 35.9 Å². The predicted octanol–water partition coefficient (Wildman–Crippen LogP) is 5.51. The number of nitrogens with one attached hydrogen (secondary N) is 1. The van der Waals surface area contributed by atoms with Crippen LogP contribution in [0.1, 0.15) is 31.4 Å². The number of nitrogens with zero attached hydrogens (tertiary/aromatic N) is 2. The molecular weight excluding hydrogens is 595 g/mol. The SMILES string of the molecule is CCCNC(=O)[C@@H](C)N(Cc1ccc(OC)cc1)C(=O)CN(c1cc(C(F)(F)F)ccc1Cl)S(=O)(=O)c1ccccc1. The first kappa shape index (κ1) is 32.7. The zero-order valence-electron chi connectivity index (χ0n) is 23.2. The second-order valence-corrected chi connectivity index (χ2v) is 11.6. The molecule has 2 amide bonds. The molecule has 0 saturated heterocycles. The molecule has 0 fully saturated rings. The molecule has 0 aliphatic heterocycles. The molecule has 3 rings (SSSR count). The topological polar surface area (TPSA) is 96.0 Å². The number of anilines is 1. The van der Waals surface area contributed by atoms with Gasteiger partial charge in [0.25, 0.3) is 10.0 Å². The van der Waals surface area contributed by atoms with Crippen LogP contribution in [0.15, 0.2) is 77.7 Å². The van der Waals surface area contributed by atoms with Crippen LogP contribution in [0.2, 0.25) is 5.02 Å². The summed E-state index contributed by atoms with van der Waals surface area (Å²) < 4.78 is 74.2. The molecule has 1 atom stereocenters. The van der Waals surface area contributed by atoms with E-state index in [1.54, 1.807) is 30.3 Å². The second kappa shape index (κ2) is 13.9. The molecule has 13 heteroatoms. The van der Waals surface area contributed by atoms with Crippen molar-refractivity contribution in [2.24, 2.45) is 0 Å². The Morgan fingerprint density at radius 1 is 1.02 bits per heavy atom. The van der Waals surface area contributed by atoms with E-state index >= 15 is 0 Å². The summed E-state index contributed by atoms with van der Waals surface area (Å²) in [6, 6.07) is 14.8. The summed E-state index contributed by atoms with van der Waals surface area (Å²) in [7, 11) is -3.10. The molecule has 8 nitrogen and oxygen atoms in total. The van der Waals surface area contributed by atoms with Crippen LogP contribution in [0.5, 0.6) is 5.75 Å². The first-order valence-corrected chi connectivity index (χ1v) is 14.8. The fraction of sp³-hybridized carbons (Fsp3) is 0.310. The summed E-state index contributed by atoms with van der Waals surface area (Å²) in [4.78, 5) is 27.7. The number of alkyl halides is 3. The average molecular weight is 626 g/mol. The van der Waals surface area contributed by atoms with Crippen LogP contribution in [0, 0.1) is 0 Å². The van der Waals surface area contributed by atoms with E-state index in [9.17, 15) is 31.2 Å². The zero-order chi connectivity index (χ0) is 31.1. The number of methoxy groups -OCH3 is 1. The molecule has 1 N–H and O–H groups in total. The number of carbonyl (C=O) groups is 2.